The van der Waals surface area contributed by atoms with E-state index < -0.39 is 5.97 Å². The lowest BCUT2D eigenvalue weighted by atomic mass is 9.88. The van der Waals surface area contributed by atoms with E-state index in [9.17, 15) is 0 Å². The van der Waals surface area contributed by atoms with E-state index in [1.54, 1.807) is 0 Å². The Hall–Kier alpha value is -0.850. The van der Waals surface area contributed by atoms with Gasteiger partial charge in [0.25, 0.3) is 5.97 Å². The second-order valence-electron chi connectivity index (χ2n) is 6.62. The van der Waals surface area contributed by atoms with Gasteiger partial charge in [-0.15, -0.1) is 0 Å². The Bertz CT molecular complexity index is 343. The van der Waals surface area contributed by atoms with Crippen LogP contribution in [0.15, 0.2) is 4.99 Å². The van der Waals surface area contributed by atoms with Crippen molar-refractivity contribution in [3.63, 3.8) is 0 Å². The van der Waals surface area contributed by atoms with Crippen LogP contribution >= 0.6 is 0 Å². The standard InChI is InChI=1S/C20H43N3O3/c1-6-11-12-13-14-16-18(23-19(21)22)17(15-7-2)20(24-8-3,25-9-4)26-10-5/h17-18H,6-16H2,1-5H3,(H4,21,22,23). The first kappa shape index (κ1) is 25.1. The first-order valence-corrected chi connectivity index (χ1v) is 10.5. The van der Waals surface area contributed by atoms with Crippen LogP contribution in [0.25, 0.3) is 0 Å². The van der Waals surface area contributed by atoms with E-state index in [0.717, 1.165) is 25.7 Å². The molecule has 0 fully saturated rings. The van der Waals surface area contributed by atoms with Crippen molar-refractivity contribution >= 4 is 5.96 Å². The Kier molecular flexibility index (Phi) is 14.7. The van der Waals surface area contributed by atoms with Crippen molar-refractivity contribution in [2.75, 3.05) is 19.8 Å². The minimum Gasteiger partial charge on any atom is -0.370 e. The zero-order valence-electron chi connectivity index (χ0n) is 17.8. The number of nitrogens with two attached hydrogens (primary N) is 2. The molecule has 0 saturated heterocycles. The lowest BCUT2D eigenvalue weighted by molar-refractivity contribution is -0.404. The lowest BCUT2D eigenvalue weighted by Crippen LogP contribution is -2.51. The van der Waals surface area contributed by atoms with E-state index >= 15 is 0 Å². The molecule has 2 unspecified atom stereocenters. The van der Waals surface area contributed by atoms with Crippen LogP contribution < -0.4 is 11.5 Å². The summed E-state index contributed by atoms with van der Waals surface area (Å²) in [5, 5.41) is 0. The summed E-state index contributed by atoms with van der Waals surface area (Å²) in [5.74, 6) is -1.04. The average Bonchev–Trinajstić information content (AvgIpc) is 2.59. The van der Waals surface area contributed by atoms with Gasteiger partial charge in [-0.25, -0.2) is 4.99 Å². The van der Waals surface area contributed by atoms with Crippen LogP contribution in [0, 0.1) is 5.92 Å². The van der Waals surface area contributed by atoms with E-state index in [-0.39, 0.29) is 17.9 Å². The third-order valence-electron chi connectivity index (χ3n) is 4.47. The van der Waals surface area contributed by atoms with Crippen LogP contribution in [0.3, 0.4) is 0 Å². The molecule has 0 heterocycles. The smallest absolute Gasteiger partial charge is 0.287 e. The molecule has 0 amide bonds. The quantitative estimate of drug-likeness (QED) is 0.173. The minimum absolute atomic E-state index is 0.0550. The van der Waals surface area contributed by atoms with Gasteiger partial charge in [0.15, 0.2) is 5.96 Å². The maximum Gasteiger partial charge on any atom is 0.287 e. The van der Waals surface area contributed by atoms with Gasteiger partial charge in [-0.05, 0) is 33.6 Å². The van der Waals surface area contributed by atoms with Crippen LogP contribution in [-0.4, -0.2) is 37.8 Å². The topological polar surface area (TPSA) is 92.1 Å². The van der Waals surface area contributed by atoms with Gasteiger partial charge in [0.05, 0.1) is 12.0 Å². The van der Waals surface area contributed by atoms with Crippen molar-refractivity contribution in [2.45, 2.75) is 98.0 Å². The maximum absolute atomic E-state index is 6.04. The summed E-state index contributed by atoms with van der Waals surface area (Å²) in [5.41, 5.74) is 11.5. The number of hydrogen-bond acceptors (Lipinski definition) is 4. The third-order valence-corrected chi connectivity index (χ3v) is 4.47. The van der Waals surface area contributed by atoms with Crippen LogP contribution in [0.4, 0.5) is 0 Å². The third kappa shape index (κ3) is 9.19. The molecule has 0 saturated carbocycles. The molecule has 0 spiro atoms. The molecule has 0 aromatic carbocycles. The molecule has 0 bridgehead atoms. The fraction of sp³-hybridized carbons (Fsp3) is 0.950. The van der Waals surface area contributed by atoms with Gasteiger partial charge in [-0.2, -0.15) is 0 Å². The van der Waals surface area contributed by atoms with Crippen molar-refractivity contribution in [3.05, 3.63) is 0 Å². The summed E-state index contributed by atoms with van der Waals surface area (Å²) in [6, 6.07) is -0.0776. The number of aliphatic imine (C=N–C) groups is 1. The second kappa shape index (κ2) is 15.2. The molecule has 156 valence electrons. The fourth-order valence-electron chi connectivity index (χ4n) is 3.47. The first-order chi connectivity index (χ1) is 12.5. The summed E-state index contributed by atoms with van der Waals surface area (Å²) < 4.78 is 18.1. The van der Waals surface area contributed by atoms with Crippen molar-refractivity contribution < 1.29 is 14.2 Å². The fourth-order valence-corrected chi connectivity index (χ4v) is 3.47. The number of hydrogen-bond donors (Lipinski definition) is 2. The van der Waals surface area contributed by atoms with Gasteiger partial charge in [-0.1, -0.05) is 52.4 Å². The number of guanidine groups is 1. The van der Waals surface area contributed by atoms with Crippen LogP contribution in [0.2, 0.25) is 0 Å². The summed E-state index contributed by atoms with van der Waals surface area (Å²) in [7, 11) is 0. The summed E-state index contributed by atoms with van der Waals surface area (Å²) >= 11 is 0. The molecule has 6 nitrogen and oxygen atoms in total. The molecule has 0 aliphatic rings. The highest BCUT2D eigenvalue weighted by Crippen LogP contribution is 2.35. The highest BCUT2D eigenvalue weighted by Gasteiger charge is 2.45. The summed E-state index contributed by atoms with van der Waals surface area (Å²) in [4.78, 5) is 4.56. The molecular formula is C20H43N3O3. The Morgan fingerprint density at radius 3 is 1.73 bits per heavy atom. The highest BCUT2D eigenvalue weighted by atomic mass is 16.9. The average molecular weight is 374 g/mol. The van der Waals surface area contributed by atoms with Gasteiger partial charge in [0.1, 0.15) is 0 Å². The minimum atomic E-state index is -1.10. The SMILES string of the molecule is CCCCCCCC(N=C(N)N)C(CCC)C(OCC)(OCC)OCC. The van der Waals surface area contributed by atoms with Crippen LogP contribution in [0.1, 0.15) is 86.0 Å². The predicted molar refractivity (Wildman–Crippen MR) is 109 cm³/mol. The van der Waals surface area contributed by atoms with Gasteiger partial charge < -0.3 is 25.7 Å². The molecule has 26 heavy (non-hydrogen) atoms. The Balaban J connectivity index is 5.49. The highest BCUT2D eigenvalue weighted by molar-refractivity contribution is 5.75. The molecule has 0 aliphatic carbocycles. The van der Waals surface area contributed by atoms with Crippen molar-refractivity contribution in [2.24, 2.45) is 22.4 Å². The normalized spacial score (nSPS) is 14.2. The Morgan fingerprint density at radius 1 is 0.769 bits per heavy atom. The van der Waals surface area contributed by atoms with Crippen molar-refractivity contribution in [3.8, 4) is 0 Å². The summed E-state index contributed by atoms with van der Waals surface area (Å²) in [6.07, 6.45) is 8.78. The predicted octanol–water partition coefficient (Wildman–Crippen LogP) is 4.17. The number of unbranched alkanes of at least 4 members (excludes halogenated alkanes) is 4. The van der Waals surface area contributed by atoms with E-state index in [0.29, 0.717) is 19.8 Å². The molecule has 0 aromatic heterocycles. The molecule has 6 heteroatoms. The Labute approximate surface area is 161 Å². The largest absolute Gasteiger partial charge is 0.370 e. The van der Waals surface area contributed by atoms with E-state index in [1.807, 2.05) is 20.8 Å². The van der Waals surface area contributed by atoms with Crippen molar-refractivity contribution in [1.29, 1.82) is 0 Å². The number of ether oxygens (including phenoxy) is 3. The Morgan fingerprint density at radius 2 is 1.31 bits per heavy atom. The number of nitrogens with zero attached hydrogens (tertiary/aromatic N) is 1. The van der Waals surface area contributed by atoms with Crippen molar-refractivity contribution in [1.82, 2.24) is 0 Å². The van der Waals surface area contributed by atoms with Crippen LogP contribution in [-0.2, 0) is 14.2 Å². The van der Waals surface area contributed by atoms with Gasteiger partial charge in [0, 0.05) is 19.8 Å². The molecular weight excluding hydrogens is 330 g/mol. The molecule has 0 aliphatic heterocycles. The molecule has 0 rings (SSSR count). The van der Waals surface area contributed by atoms with E-state index in [1.165, 1.54) is 25.7 Å². The molecule has 4 N–H and O–H groups in total. The first-order valence-electron chi connectivity index (χ1n) is 10.5. The van der Waals surface area contributed by atoms with Gasteiger partial charge in [-0.3, -0.25) is 0 Å². The zero-order valence-corrected chi connectivity index (χ0v) is 17.8. The van der Waals surface area contributed by atoms with Crippen LogP contribution in [0.5, 0.6) is 0 Å². The monoisotopic (exact) mass is 373 g/mol. The molecule has 2 atom stereocenters. The summed E-state index contributed by atoms with van der Waals surface area (Å²) in [6.45, 7) is 11.7. The maximum atomic E-state index is 6.04. The zero-order chi connectivity index (χ0) is 19.8. The van der Waals surface area contributed by atoms with Gasteiger partial charge >= 0.3 is 0 Å². The molecule has 0 radical (unpaired) electrons. The molecule has 0 aromatic rings. The second-order valence-corrected chi connectivity index (χ2v) is 6.62. The van der Waals surface area contributed by atoms with Gasteiger partial charge in [0.2, 0.25) is 0 Å². The van der Waals surface area contributed by atoms with E-state index in [2.05, 4.69) is 18.8 Å². The number of rotatable bonds is 17. The lowest BCUT2D eigenvalue weighted by Gasteiger charge is -2.41. The van der Waals surface area contributed by atoms with E-state index in [4.69, 9.17) is 25.7 Å².